The predicted molar refractivity (Wildman–Crippen MR) is 241 cm³/mol. The van der Waals surface area contributed by atoms with Gasteiger partial charge in [0.2, 0.25) is 17.7 Å². The number of piperazine rings is 1. The lowest BCUT2D eigenvalue weighted by atomic mass is 9.93. The van der Waals surface area contributed by atoms with Crippen molar-refractivity contribution in [2.45, 2.75) is 89.1 Å². The summed E-state index contributed by atoms with van der Waals surface area (Å²) in [6, 6.07) is 1.71. The van der Waals surface area contributed by atoms with Crippen LogP contribution in [0.25, 0.3) is 33.8 Å². The molecule has 348 valence electrons. The first-order valence-corrected chi connectivity index (χ1v) is 23.2. The van der Waals surface area contributed by atoms with E-state index in [1.807, 2.05) is 42.7 Å². The van der Waals surface area contributed by atoms with Gasteiger partial charge in [0.1, 0.15) is 35.3 Å². The third-order valence-electron chi connectivity index (χ3n) is 13.8. The second-order valence-electron chi connectivity index (χ2n) is 19.5. The number of carbonyl (C=O) groups excluding carboxylic acids is 3. The molecule has 5 fully saturated rings. The number of carbonyl (C=O) groups is 3. The Morgan fingerprint density at radius 3 is 2.27 bits per heavy atom. The molecule has 1 aliphatic carbocycles. The number of likely N-dealkylation sites (tertiary alicyclic amines) is 2. The molecule has 20 heteroatoms. The van der Waals surface area contributed by atoms with Gasteiger partial charge in [-0.25, -0.2) is 33.4 Å². The van der Waals surface area contributed by atoms with E-state index in [0.717, 1.165) is 63.2 Å². The average Bonchev–Trinajstić information content (AvgIpc) is 3.89. The fraction of sp³-hybridized carbons (Fsp3) is 0.543. The molecule has 66 heavy (non-hydrogen) atoms. The van der Waals surface area contributed by atoms with E-state index < -0.39 is 23.6 Å². The first kappa shape index (κ1) is 43.7. The second kappa shape index (κ2) is 17.6. The number of fused-ring (bicyclic) bond motifs is 1. The van der Waals surface area contributed by atoms with Gasteiger partial charge >= 0.3 is 0 Å². The molecule has 0 spiro atoms. The standard InChI is InChI=1S/C46H56F2N14O4/c1-46(2,3)62-44-37(42(49)52-25-53-44)38(56-62)39-36(41(66-57-39)27-4-5-27)43-50-20-28(21-51-43)29-23-61(24-29)35(64)10-13-58-11-8-26(9-12-58)22-59-14-16-60(17-15-59)40-31(47)18-30(19-32(40)48)54-33-6-7-34(63)55-45(33)65/h18-21,25-27,29,33,54H,4-17,22-24H2,1-3H3,(H2,49,52,53)(H,55,63,65). The minimum Gasteiger partial charge on any atom is -0.383 e. The number of imide groups is 1. The molecule has 4 aliphatic heterocycles. The molecule has 1 aromatic carbocycles. The van der Waals surface area contributed by atoms with E-state index >= 15 is 8.78 Å². The van der Waals surface area contributed by atoms with Crippen molar-refractivity contribution in [2.24, 2.45) is 5.92 Å². The quantitative estimate of drug-likeness (QED) is 0.147. The first-order valence-electron chi connectivity index (χ1n) is 23.2. The molecule has 0 radical (unpaired) electrons. The summed E-state index contributed by atoms with van der Waals surface area (Å²) in [5.41, 5.74) is 9.49. The van der Waals surface area contributed by atoms with Crippen LogP contribution in [0.4, 0.5) is 26.0 Å². The van der Waals surface area contributed by atoms with Crippen molar-refractivity contribution < 1.29 is 27.7 Å². The van der Waals surface area contributed by atoms with E-state index in [1.165, 1.54) is 18.5 Å². The molecule has 10 rings (SSSR count). The van der Waals surface area contributed by atoms with Gasteiger partial charge in [0.25, 0.3) is 0 Å². The molecule has 5 aromatic rings. The first-order chi connectivity index (χ1) is 31.8. The van der Waals surface area contributed by atoms with Crippen LogP contribution in [0, 0.1) is 17.6 Å². The zero-order valence-electron chi connectivity index (χ0n) is 37.6. The fourth-order valence-corrected chi connectivity index (χ4v) is 9.79. The summed E-state index contributed by atoms with van der Waals surface area (Å²) in [6.07, 6.45) is 10.1. The number of anilines is 3. The van der Waals surface area contributed by atoms with Crippen LogP contribution in [-0.4, -0.2) is 139 Å². The minimum atomic E-state index is -0.723. The number of nitrogen functional groups attached to an aromatic ring is 1. The highest BCUT2D eigenvalue weighted by Crippen LogP contribution is 2.48. The Morgan fingerprint density at radius 2 is 1.61 bits per heavy atom. The number of halogens is 2. The number of nitrogens with zero attached hydrogens (tertiary/aromatic N) is 11. The lowest BCUT2D eigenvalue weighted by Gasteiger charge is -2.41. The molecular formula is C46H56F2N14O4. The normalized spacial score (nSPS) is 20.5. The SMILES string of the molecule is CC(C)(C)n1nc(-c2noc(C3CC3)c2-c2ncc(C3CN(C(=O)CCN4CCC(CN5CCN(c6c(F)cc(NC7CCC(=O)NC7=O)cc6F)CC5)CC4)C3)cn2)c2c(N)ncnc21. The Balaban J connectivity index is 0.674. The molecule has 1 atom stereocenters. The number of nitrogens with two attached hydrogens (primary N) is 1. The Kier molecular flexibility index (Phi) is 11.6. The highest BCUT2D eigenvalue weighted by molar-refractivity contribution is 6.02. The summed E-state index contributed by atoms with van der Waals surface area (Å²) in [4.78, 5) is 63.7. The van der Waals surface area contributed by atoms with Crippen LogP contribution in [0.2, 0.25) is 0 Å². The van der Waals surface area contributed by atoms with E-state index in [2.05, 4.69) is 35.6 Å². The molecule has 8 heterocycles. The van der Waals surface area contributed by atoms with Crippen LogP contribution in [0.1, 0.15) is 88.9 Å². The highest BCUT2D eigenvalue weighted by Gasteiger charge is 2.38. The largest absolute Gasteiger partial charge is 0.383 e. The summed E-state index contributed by atoms with van der Waals surface area (Å²) >= 11 is 0. The maximum atomic E-state index is 15.2. The number of hydrogen-bond acceptors (Lipinski definition) is 15. The van der Waals surface area contributed by atoms with Crippen LogP contribution in [0.3, 0.4) is 0 Å². The van der Waals surface area contributed by atoms with E-state index in [-0.39, 0.29) is 53.4 Å². The lowest BCUT2D eigenvalue weighted by Crippen LogP contribution is -2.50. The van der Waals surface area contributed by atoms with Crippen molar-refractivity contribution in [3.05, 3.63) is 53.8 Å². The van der Waals surface area contributed by atoms with E-state index in [4.69, 9.17) is 25.3 Å². The van der Waals surface area contributed by atoms with Crippen molar-refractivity contribution >= 4 is 45.9 Å². The van der Waals surface area contributed by atoms with Crippen LogP contribution in [0.5, 0.6) is 0 Å². The molecule has 4 N–H and O–H groups in total. The van der Waals surface area contributed by atoms with Gasteiger partial charge in [-0.1, -0.05) is 5.16 Å². The molecule has 18 nitrogen and oxygen atoms in total. The number of hydrogen-bond donors (Lipinski definition) is 3. The van der Waals surface area contributed by atoms with Crippen molar-refractivity contribution in [3.8, 4) is 22.8 Å². The number of benzene rings is 1. The summed E-state index contributed by atoms with van der Waals surface area (Å²) in [5.74, 6) is 0.413. The summed E-state index contributed by atoms with van der Waals surface area (Å²) in [6.45, 7) is 13.4. The zero-order valence-corrected chi connectivity index (χ0v) is 37.6. The molecule has 4 aromatic heterocycles. The summed E-state index contributed by atoms with van der Waals surface area (Å²) in [5, 5.41) is 15.2. The maximum absolute atomic E-state index is 15.2. The average molecular weight is 907 g/mol. The lowest BCUT2D eigenvalue weighted by molar-refractivity contribution is -0.136. The molecule has 5 aliphatic rings. The van der Waals surface area contributed by atoms with Gasteiger partial charge in [0.05, 0.1) is 16.5 Å². The number of piperidine rings is 2. The van der Waals surface area contributed by atoms with Gasteiger partial charge in [0.15, 0.2) is 28.9 Å². The summed E-state index contributed by atoms with van der Waals surface area (Å²) < 4.78 is 38.3. The Hall–Kier alpha value is -6.15. The van der Waals surface area contributed by atoms with Crippen molar-refractivity contribution in [2.75, 3.05) is 81.4 Å². The van der Waals surface area contributed by atoms with Crippen LogP contribution in [-0.2, 0) is 19.9 Å². The Bertz CT molecular complexity index is 2620. The third kappa shape index (κ3) is 8.79. The number of rotatable bonds is 12. The third-order valence-corrected chi connectivity index (χ3v) is 13.8. The molecule has 0 bridgehead atoms. The fourth-order valence-electron chi connectivity index (χ4n) is 9.79. The van der Waals surface area contributed by atoms with Crippen LogP contribution in [0.15, 0.2) is 35.4 Å². The van der Waals surface area contributed by atoms with Gasteiger partial charge in [0, 0.05) is 95.1 Å². The van der Waals surface area contributed by atoms with Gasteiger partial charge in [-0.05, 0) is 89.6 Å². The maximum Gasteiger partial charge on any atom is 0.249 e. The van der Waals surface area contributed by atoms with Crippen molar-refractivity contribution in [1.29, 1.82) is 0 Å². The summed E-state index contributed by atoms with van der Waals surface area (Å²) in [7, 11) is 0. The Morgan fingerprint density at radius 1 is 0.894 bits per heavy atom. The van der Waals surface area contributed by atoms with Gasteiger partial charge in [-0.2, -0.15) is 5.10 Å². The molecule has 4 saturated heterocycles. The smallest absolute Gasteiger partial charge is 0.249 e. The Labute approximate surface area is 380 Å². The minimum absolute atomic E-state index is 0.0532. The van der Waals surface area contributed by atoms with Crippen molar-refractivity contribution in [3.63, 3.8) is 0 Å². The van der Waals surface area contributed by atoms with Gasteiger partial charge in [-0.3, -0.25) is 24.6 Å². The van der Waals surface area contributed by atoms with E-state index in [9.17, 15) is 14.4 Å². The van der Waals surface area contributed by atoms with Gasteiger partial charge in [-0.15, -0.1) is 0 Å². The highest BCUT2D eigenvalue weighted by atomic mass is 19.1. The molecular weight excluding hydrogens is 851 g/mol. The van der Waals surface area contributed by atoms with Crippen molar-refractivity contribution in [1.82, 2.24) is 54.9 Å². The van der Waals surface area contributed by atoms with E-state index in [0.29, 0.717) is 91.2 Å². The van der Waals surface area contributed by atoms with Crippen LogP contribution < -0.4 is 21.3 Å². The predicted octanol–water partition coefficient (Wildman–Crippen LogP) is 4.50. The zero-order chi connectivity index (χ0) is 45.9. The number of amides is 3. The monoisotopic (exact) mass is 906 g/mol. The topological polar surface area (TPSA) is 210 Å². The molecule has 1 unspecified atom stereocenters. The molecule has 1 saturated carbocycles. The second-order valence-corrected chi connectivity index (χ2v) is 19.5. The number of aromatic nitrogens is 7. The van der Waals surface area contributed by atoms with Gasteiger partial charge < -0.3 is 30.3 Å². The van der Waals surface area contributed by atoms with E-state index in [1.54, 1.807) is 4.90 Å². The number of nitrogens with one attached hydrogen (secondary N) is 2. The molecule has 3 amide bonds. The van der Waals surface area contributed by atoms with Crippen LogP contribution >= 0.6 is 0 Å².